The number of ketones is 1. The molecular weight excluding hydrogens is 583 g/mol. The molecule has 2 aromatic heterocycles. The monoisotopic (exact) mass is 602 g/mol. The Balaban J connectivity index is 1.49. The molecule has 1 aromatic carbocycles. The zero-order valence-electron chi connectivity index (χ0n) is 18.5. The van der Waals surface area contributed by atoms with Gasteiger partial charge in [0.15, 0.2) is 0 Å². The van der Waals surface area contributed by atoms with Gasteiger partial charge in [-0.15, -0.1) is 0 Å². The molecule has 0 unspecified atom stereocenters. The van der Waals surface area contributed by atoms with Crippen molar-refractivity contribution in [2.45, 2.75) is 31.3 Å². The first-order valence-electron chi connectivity index (χ1n) is 10.6. The zero-order valence-corrected chi connectivity index (χ0v) is 21.6. The summed E-state index contributed by atoms with van der Waals surface area (Å²) in [6.07, 6.45) is 0.840. The van der Waals surface area contributed by atoms with Crippen LogP contribution in [0.5, 0.6) is 0 Å². The van der Waals surface area contributed by atoms with Gasteiger partial charge in [0.2, 0.25) is 5.78 Å². The highest BCUT2D eigenvalue weighted by Crippen LogP contribution is 2.32. The van der Waals surface area contributed by atoms with E-state index in [9.17, 15) is 22.7 Å². The number of carbonyl (C=O) groups is 1. The summed E-state index contributed by atoms with van der Waals surface area (Å²) in [4.78, 5) is 21.1. The Morgan fingerprint density at radius 1 is 1.39 bits per heavy atom. The van der Waals surface area contributed by atoms with Crippen molar-refractivity contribution in [2.24, 2.45) is 11.1 Å². The lowest BCUT2D eigenvalue weighted by Crippen LogP contribution is -2.33. The Bertz CT molecular complexity index is 1380. The first kappa shape index (κ1) is 26.6. The summed E-state index contributed by atoms with van der Waals surface area (Å²) in [6.45, 7) is -0.152. The predicted octanol–water partition coefficient (Wildman–Crippen LogP) is 2.09. The van der Waals surface area contributed by atoms with Gasteiger partial charge in [-0.25, -0.2) is 19.5 Å². The number of benzene rings is 1. The highest BCUT2D eigenvalue weighted by Gasteiger charge is 2.44. The van der Waals surface area contributed by atoms with Gasteiger partial charge in [-0.05, 0) is 36.2 Å². The number of hydrogen-bond donors (Lipinski definition) is 3. The van der Waals surface area contributed by atoms with Gasteiger partial charge >= 0.3 is 10.3 Å². The van der Waals surface area contributed by atoms with E-state index in [-0.39, 0.29) is 23.5 Å². The number of nitrogens with one attached hydrogen (secondary N) is 1. The summed E-state index contributed by atoms with van der Waals surface area (Å²) in [5.74, 6) is -1.29. The molecule has 0 aliphatic heterocycles. The van der Waals surface area contributed by atoms with Gasteiger partial charge in [0.25, 0.3) is 0 Å². The summed E-state index contributed by atoms with van der Waals surface area (Å²) >= 11 is 9.64. The molecule has 1 fully saturated rings. The van der Waals surface area contributed by atoms with Crippen LogP contribution in [0, 0.1) is 5.92 Å². The second-order valence-corrected chi connectivity index (χ2v) is 10.8. The van der Waals surface area contributed by atoms with E-state index in [0.29, 0.717) is 11.6 Å². The van der Waals surface area contributed by atoms with Crippen LogP contribution in [-0.2, 0) is 21.0 Å². The molecule has 0 amide bonds. The van der Waals surface area contributed by atoms with Gasteiger partial charge in [-0.3, -0.25) is 13.7 Å². The summed E-state index contributed by atoms with van der Waals surface area (Å²) in [7, 11) is -4.24. The number of aromatic nitrogens is 4. The van der Waals surface area contributed by atoms with E-state index >= 15 is 0 Å². The maximum atomic E-state index is 14.8. The van der Waals surface area contributed by atoms with Crippen LogP contribution < -0.4 is 10.5 Å². The first-order valence-corrected chi connectivity index (χ1v) is 13.2. The standard InChI is InChI=1S/C21H21BrClFN6O5S/c22-13-1-2-15(23)11(5-13)8-30-4-3-16(29-30)20(32)14-7-26-10-27-21(14)28-17-6-12(19(31)18(17)24)9-35-36(25,33)34/h1-5,7,10,12,17-19,31H,6,8-9H2,(H2,25,33,34)(H,26,27,28)/t12-,17-,18-,19-/m1/s1. The van der Waals surface area contributed by atoms with E-state index in [4.69, 9.17) is 16.7 Å². The number of hydrogen-bond acceptors (Lipinski definition) is 9. The number of anilines is 1. The molecule has 1 aliphatic rings. The normalized spacial score (nSPS) is 22.0. The van der Waals surface area contributed by atoms with Gasteiger partial charge in [-0.1, -0.05) is 27.5 Å². The summed E-state index contributed by atoms with van der Waals surface area (Å²) in [6, 6.07) is 5.98. The van der Waals surface area contributed by atoms with Crippen molar-refractivity contribution < 1.29 is 26.9 Å². The number of aliphatic hydroxyl groups is 1. The van der Waals surface area contributed by atoms with Crippen LogP contribution in [0.15, 0.2) is 47.5 Å². The molecule has 4 rings (SSSR count). The highest BCUT2D eigenvalue weighted by molar-refractivity contribution is 9.10. The summed E-state index contributed by atoms with van der Waals surface area (Å²) < 4.78 is 43.7. The van der Waals surface area contributed by atoms with E-state index in [2.05, 4.69) is 40.5 Å². The van der Waals surface area contributed by atoms with Gasteiger partial charge in [0.05, 0.1) is 30.9 Å². The third-order valence-electron chi connectivity index (χ3n) is 5.69. The minimum absolute atomic E-state index is 0.0114. The van der Waals surface area contributed by atoms with Crippen molar-refractivity contribution in [3.63, 3.8) is 0 Å². The lowest BCUT2D eigenvalue weighted by atomic mass is 10.1. The zero-order chi connectivity index (χ0) is 26.0. The first-order chi connectivity index (χ1) is 17.0. The molecule has 1 aliphatic carbocycles. The molecule has 0 bridgehead atoms. The fraction of sp³-hybridized carbons (Fsp3) is 0.333. The van der Waals surface area contributed by atoms with Crippen LogP contribution in [0.2, 0.25) is 5.02 Å². The smallest absolute Gasteiger partial charge is 0.333 e. The summed E-state index contributed by atoms with van der Waals surface area (Å²) in [5, 5.41) is 22.7. The average Bonchev–Trinajstić information content (AvgIpc) is 3.40. The van der Waals surface area contributed by atoms with Gasteiger partial charge in [0, 0.05) is 27.8 Å². The highest BCUT2D eigenvalue weighted by atomic mass is 79.9. The molecule has 2 heterocycles. The minimum Gasteiger partial charge on any atom is -0.390 e. The Kier molecular flexibility index (Phi) is 8.02. The average molecular weight is 604 g/mol. The van der Waals surface area contributed by atoms with E-state index in [0.717, 1.165) is 10.0 Å². The maximum absolute atomic E-state index is 14.8. The van der Waals surface area contributed by atoms with Crippen LogP contribution in [-0.4, -0.2) is 64.0 Å². The number of aliphatic hydroxyl groups excluding tert-OH is 1. The van der Waals surface area contributed by atoms with Crippen molar-refractivity contribution in [3.05, 3.63) is 69.3 Å². The maximum Gasteiger partial charge on any atom is 0.333 e. The Morgan fingerprint density at radius 3 is 2.92 bits per heavy atom. The van der Waals surface area contributed by atoms with Gasteiger partial charge < -0.3 is 10.4 Å². The molecule has 0 saturated heterocycles. The van der Waals surface area contributed by atoms with Crippen LogP contribution in [0.4, 0.5) is 10.2 Å². The fourth-order valence-electron chi connectivity index (χ4n) is 3.92. The number of rotatable bonds is 9. The number of carbonyl (C=O) groups excluding carboxylic acids is 1. The molecule has 4 N–H and O–H groups in total. The molecule has 4 atom stereocenters. The molecule has 0 radical (unpaired) electrons. The number of nitrogens with zero attached hydrogens (tertiary/aromatic N) is 4. The molecule has 1 saturated carbocycles. The van der Waals surface area contributed by atoms with Gasteiger partial charge in [-0.2, -0.15) is 13.5 Å². The SMILES string of the molecule is NS(=O)(=O)OC[C@H]1C[C@@H](Nc2ncncc2C(=O)c2ccn(Cc3cc(Br)ccc3Cl)n2)[C@@H](F)[C@@H]1O. The van der Waals surface area contributed by atoms with Crippen molar-refractivity contribution in [1.29, 1.82) is 0 Å². The third-order valence-corrected chi connectivity index (χ3v) is 7.02. The minimum atomic E-state index is -4.24. The topological polar surface area (TPSA) is 162 Å². The van der Waals surface area contributed by atoms with Crippen LogP contribution in [0.25, 0.3) is 0 Å². The Hall–Kier alpha value is -2.49. The molecule has 0 spiro atoms. The van der Waals surface area contributed by atoms with Crippen molar-refractivity contribution in [1.82, 2.24) is 19.7 Å². The van der Waals surface area contributed by atoms with Crippen LogP contribution in [0.3, 0.4) is 0 Å². The fourth-order valence-corrected chi connectivity index (χ4v) is 4.87. The van der Waals surface area contributed by atoms with E-state index in [1.807, 2.05) is 12.1 Å². The van der Waals surface area contributed by atoms with Crippen LogP contribution in [0.1, 0.15) is 28.0 Å². The lowest BCUT2D eigenvalue weighted by molar-refractivity contribution is 0.0501. The van der Waals surface area contributed by atoms with Crippen molar-refractivity contribution in [2.75, 3.05) is 11.9 Å². The van der Waals surface area contributed by atoms with Crippen molar-refractivity contribution >= 4 is 49.4 Å². The molecule has 11 nitrogen and oxygen atoms in total. The number of alkyl halides is 1. The largest absolute Gasteiger partial charge is 0.390 e. The second kappa shape index (κ2) is 10.9. The van der Waals surface area contributed by atoms with Crippen molar-refractivity contribution in [3.8, 4) is 0 Å². The van der Waals surface area contributed by atoms with Gasteiger partial charge in [0.1, 0.15) is 24.0 Å². The quantitative estimate of drug-likeness (QED) is 0.311. The molecule has 36 heavy (non-hydrogen) atoms. The third kappa shape index (κ3) is 6.25. The Labute approximate surface area is 219 Å². The van der Waals surface area contributed by atoms with E-state index in [1.165, 1.54) is 18.6 Å². The number of nitrogens with two attached hydrogens (primary N) is 1. The number of halogens is 3. The van der Waals surface area contributed by atoms with E-state index < -0.39 is 46.9 Å². The second-order valence-electron chi connectivity index (χ2n) is 8.21. The lowest BCUT2D eigenvalue weighted by Gasteiger charge is -2.18. The molecule has 15 heteroatoms. The molecule has 3 aromatic rings. The summed E-state index contributed by atoms with van der Waals surface area (Å²) in [5.41, 5.74) is 0.962. The Morgan fingerprint density at radius 2 is 2.17 bits per heavy atom. The van der Waals surface area contributed by atoms with Crippen LogP contribution >= 0.6 is 27.5 Å². The molecule has 192 valence electrons. The molecular formula is C21H21BrClFN6O5S. The predicted molar refractivity (Wildman–Crippen MR) is 131 cm³/mol. The van der Waals surface area contributed by atoms with E-state index in [1.54, 1.807) is 16.9 Å².